The van der Waals surface area contributed by atoms with Gasteiger partial charge in [0, 0.05) is 19.6 Å². The predicted octanol–water partition coefficient (Wildman–Crippen LogP) is 6.18. The van der Waals surface area contributed by atoms with Crippen molar-refractivity contribution in [3.8, 4) is 11.5 Å². The number of unbranched alkanes of at least 4 members (excludes halogenated alkanes) is 1. The number of halogens is 1. The van der Waals surface area contributed by atoms with Gasteiger partial charge in [-0.15, -0.1) is 0 Å². The maximum Gasteiger partial charge on any atom is 0.309 e. The molecule has 1 aliphatic rings. The van der Waals surface area contributed by atoms with Crippen LogP contribution in [0.15, 0.2) is 30.3 Å². The van der Waals surface area contributed by atoms with Crippen LogP contribution in [0.4, 0.5) is 4.39 Å². The molecule has 1 unspecified atom stereocenters. The quantitative estimate of drug-likeness (QED) is 0.324. The third-order valence-corrected chi connectivity index (χ3v) is 7.07. The van der Waals surface area contributed by atoms with Gasteiger partial charge in [0.05, 0.1) is 19.6 Å². The fourth-order valence-electron chi connectivity index (χ4n) is 4.77. The van der Waals surface area contributed by atoms with Crippen molar-refractivity contribution in [1.82, 2.24) is 4.90 Å². The Bertz CT molecular complexity index is 987. The van der Waals surface area contributed by atoms with Crippen LogP contribution in [0.5, 0.6) is 11.5 Å². The van der Waals surface area contributed by atoms with E-state index < -0.39 is 11.8 Å². The molecule has 0 radical (unpaired) electrons. The number of hydrogen-bond acceptors (Lipinski definition) is 4. The molecule has 1 fully saturated rings. The van der Waals surface area contributed by atoms with Crippen LogP contribution < -0.4 is 9.47 Å². The van der Waals surface area contributed by atoms with Crippen molar-refractivity contribution >= 4 is 5.97 Å². The van der Waals surface area contributed by atoms with Gasteiger partial charge in [0.15, 0.2) is 17.3 Å². The van der Waals surface area contributed by atoms with Gasteiger partial charge in [0.1, 0.15) is 0 Å². The highest BCUT2D eigenvalue weighted by Crippen LogP contribution is 2.33. The normalized spacial score (nSPS) is 15.0. The second-order valence-corrected chi connectivity index (χ2v) is 9.96. The van der Waals surface area contributed by atoms with Gasteiger partial charge in [-0.05, 0) is 73.4 Å². The smallest absolute Gasteiger partial charge is 0.309 e. The van der Waals surface area contributed by atoms with Gasteiger partial charge in [-0.25, -0.2) is 4.39 Å². The molecule has 35 heavy (non-hydrogen) atoms. The van der Waals surface area contributed by atoms with Crippen LogP contribution in [0, 0.1) is 31.5 Å². The summed E-state index contributed by atoms with van der Waals surface area (Å²) in [6, 6.07) is 10.00. The average molecular weight is 486 g/mol. The van der Waals surface area contributed by atoms with Crippen LogP contribution in [0.2, 0.25) is 0 Å². The zero-order valence-electron chi connectivity index (χ0n) is 21.6. The van der Waals surface area contributed by atoms with Gasteiger partial charge in [0.2, 0.25) is 0 Å². The molecule has 2 aromatic carbocycles. The summed E-state index contributed by atoms with van der Waals surface area (Å²) in [6.45, 7) is 8.44. The summed E-state index contributed by atoms with van der Waals surface area (Å²) in [5, 5.41) is 9.03. The monoisotopic (exact) mass is 485 g/mol. The third-order valence-electron chi connectivity index (χ3n) is 7.07. The lowest BCUT2D eigenvalue weighted by molar-refractivity contribution is -0.147. The van der Waals surface area contributed by atoms with Gasteiger partial charge >= 0.3 is 5.97 Å². The molecule has 0 bridgehead atoms. The van der Waals surface area contributed by atoms with Crippen molar-refractivity contribution in [2.24, 2.45) is 11.8 Å². The number of hydrogen-bond donors (Lipinski definition) is 1. The molecule has 1 N–H and O–H groups in total. The minimum atomic E-state index is -0.778. The minimum absolute atomic E-state index is 0.155. The highest BCUT2D eigenvalue weighted by molar-refractivity contribution is 5.71. The Morgan fingerprint density at radius 2 is 1.86 bits per heavy atom. The van der Waals surface area contributed by atoms with E-state index in [1.54, 1.807) is 6.07 Å². The van der Waals surface area contributed by atoms with Crippen LogP contribution in [0.1, 0.15) is 61.3 Å². The molecular formula is C29H40FNO4. The Kier molecular flexibility index (Phi) is 9.96. The highest BCUT2D eigenvalue weighted by Gasteiger charge is 2.32. The summed E-state index contributed by atoms with van der Waals surface area (Å²) in [5.41, 5.74) is 4.80. The number of methoxy groups -OCH3 is 1. The highest BCUT2D eigenvalue weighted by atomic mass is 19.1. The molecule has 1 atom stereocenters. The van der Waals surface area contributed by atoms with Gasteiger partial charge in [-0.1, -0.05) is 44.4 Å². The van der Waals surface area contributed by atoms with E-state index in [1.807, 2.05) is 4.90 Å². The molecule has 1 heterocycles. The molecule has 3 rings (SSSR count). The van der Waals surface area contributed by atoms with E-state index in [1.165, 1.54) is 49.1 Å². The van der Waals surface area contributed by atoms with Crippen LogP contribution in [0.3, 0.4) is 0 Å². The van der Waals surface area contributed by atoms with Crippen molar-refractivity contribution in [2.45, 2.75) is 65.8 Å². The molecule has 0 saturated carbocycles. The molecule has 2 aromatic rings. The Morgan fingerprint density at radius 1 is 1.11 bits per heavy atom. The molecule has 0 aliphatic carbocycles. The summed E-state index contributed by atoms with van der Waals surface area (Å²) in [7, 11) is 1.51. The van der Waals surface area contributed by atoms with E-state index >= 15 is 0 Å². The second-order valence-electron chi connectivity index (χ2n) is 9.96. The molecule has 0 spiro atoms. The Labute approximate surface area is 209 Å². The van der Waals surface area contributed by atoms with Crippen LogP contribution >= 0.6 is 0 Å². The van der Waals surface area contributed by atoms with E-state index in [2.05, 4.69) is 39.0 Å². The molecule has 192 valence electrons. The van der Waals surface area contributed by atoms with Gasteiger partial charge in [-0.3, -0.25) is 9.69 Å². The maximum atomic E-state index is 14.9. The van der Waals surface area contributed by atoms with Crippen LogP contribution in [-0.2, 0) is 17.8 Å². The SMILES string of the molecule is CCCCC(CCCOc1c(F)cc(CN2CC(C(=O)O)C2)cc1OC)Cc1ccc(C)c(C)c1. The number of likely N-dealkylation sites (tertiary alicyclic amines) is 1. The summed E-state index contributed by atoms with van der Waals surface area (Å²) in [5.74, 6) is -0.427. The topological polar surface area (TPSA) is 59.0 Å². The predicted molar refractivity (Wildman–Crippen MR) is 137 cm³/mol. The lowest BCUT2D eigenvalue weighted by Crippen LogP contribution is -2.49. The number of ether oxygens (including phenoxy) is 2. The molecule has 0 amide bonds. The summed E-state index contributed by atoms with van der Waals surface area (Å²) in [6.07, 6.45) is 6.54. The number of carboxylic acid groups (broad SMARTS) is 1. The molecule has 5 nitrogen and oxygen atoms in total. The van der Waals surface area contributed by atoms with Crippen molar-refractivity contribution in [3.05, 3.63) is 58.4 Å². The van der Waals surface area contributed by atoms with Crippen LogP contribution in [0.25, 0.3) is 0 Å². The van der Waals surface area contributed by atoms with E-state index in [9.17, 15) is 9.18 Å². The van der Waals surface area contributed by atoms with E-state index in [0.29, 0.717) is 37.9 Å². The average Bonchev–Trinajstić information content (AvgIpc) is 2.79. The lowest BCUT2D eigenvalue weighted by atomic mass is 9.89. The number of carbonyl (C=O) groups is 1. The van der Waals surface area contributed by atoms with Crippen molar-refractivity contribution in [3.63, 3.8) is 0 Å². The van der Waals surface area contributed by atoms with Crippen molar-refractivity contribution < 1.29 is 23.8 Å². The third kappa shape index (κ3) is 7.69. The Hall–Kier alpha value is -2.60. The Balaban J connectivity index is 1.53. The summed E-state index contributed by atoms with van der Waals surface area (Å²) >= 11 is 0. The molecular weight excluding hydrogens is 445 g/mol. The number of aryl methyl sites for hydroxylation is 2. The first-order valence-corrected chi connectivity index (χ1v) is 12.8. The number of rotatable bonds is 14. The summed E-state index contributed by atoms with van der Waals surface area (Å²) < 4.78 is 26.1. The number of nitrogens with zero attached hydrogens (tertiary/aromatic N) is 1. The molecule has 6 heteroatoms. The van der Waals surface area contributed by atoms with E-state index in [-0.39, 0.29) is 11.7 Å². The lowest BCUT2D eigenvalue weighted by Gasteiger charge is -2.36. The molecule has 1 aliphatic heterocycles. The van der Waals surface area contributed by atoms with Crippen molar-refractivity contribution in [1.29, 1.82) is 0 Å². The van der Waals surface area contributed by atoms with Crippen molar-refractivity contribution in [2.75, 3.05) is 26.8 Å². The van der Waals surface area contributed by atoms with E-state index in [0.717, 1.165) is 24.8 Å². The first-order chi connectivity index (χ1) is 16.8. The standard InChI is InChI=1S/C29H40FNO4/c1-5-6-8-22(14-23-11-10-20(2)21(3)13-23)9-7-12-35-28-26(30)15-24(16-27(28)34-4)17-31-18-25(19-31)29(32)33/h10-11,13,15-16,22,25H,5-9,12,14,17-19H2,1-4H3,(H,32,33). The maximum absolute atomic E-state index is 14.9. The van der Waals surface area contributed by atoms with Crippen LogP contribution in [-0.4, -0.2) is 42.8 Å². The molecule has 1 saturated heterocycles. The first kappa shape index (κ1) is 27.0. The summed E-state index contributed by atoms with van der Waals surface area (Å²) in [4.78, 5) is 13.0. The Morgan fingerprint density at radius 3 is 2.51 bits per heavy atom. The fraction of sp³-hybridized carbons (Fsp3) is 0.552. The zero-order chi connectivity index (χ0) is 25.4. The van der Waals surface area contributed by atoms with Gasteiger partial charge in [-0.2, -0.15) is 0 Å². The van der Waals surface area contributed by atoms with Gasteiger partial charge in [0.25, 0.3) is 0 Å². The zero-order valence-corrected chi connectivity index (χ0v) is 21.6. The minimum Gasteiger partial charge on any atom is -0.493 e. The molecule has 0 aromatic heterocycles. The number of benzene rings is 2. The van der Waals surface area contributed by atoms with Gasteiger partial charge < -0.3 is 14.6 Å². The fourth-order valence-corrected chi connectivity index (χ4v) is 4.77. The number of aliphatic carboxylic acids is 1. The second kappa shape index (κ2) is 12.9. The first-order valence-electron chi connectivity index (χ1n) is 12.8. The van der Waals surface area contributed by atoms with E-state index in [4.69, 9.17) is 14.6 Å². The number of carboxylic acids is 1. The largest absolute Gasteiger partial charge is 0.493 e.